The molecule has 2 aromatic rings. The van der Waals surface area contributed by atoms with Gasteiger partial charge in [-0.15, -0.1) is 5.10 Å². The fraction of sp³-hybridized carbons (Fsp3) is 0.593. The molecular formula is C27H37F3N6O4S. The van der Waals surface area contributed by atoms with Gasteiger partial charge in [-0.25, -0.2) is 13.8 Å². The van der Waals surface area contributed by atoms with Gasteiger partial charge in [0.25, 0.3) is 0 Å². The third-order valence-electron chi connectivity index (χ3n) is 7.09. The van der Waals surface area contributed by atoms with E-state index >= 15 is 0 Å². The standard InChI is InChI=1S/C27H37F3N6O4S/c1-26(2,3)40-25(38)35-10-7-20(8-11-35)21-17-19(5-6-22(21)27(28,29)30)18-33-13-15-34(16-14-33)24(37)36-12-9-23(31-36)32-41(4)39/h5-6,9,12,17,20H,7-8,10-11,13-16,18H2,1-4H3,(H,31,32). The van der Waals surface area contributed by atoms with Gasteiger partial charge in [-0.05, 0) is 56.7 Å². The van der Waals surface area contributed by atoms with E-state index in [1.807, 2.05) is 0 Å². The number of ether oxygens (including phenoxy) is 1. The van der Waals surface area contributed by atoms with Crippen molar-refractivity contribution in [2.24, 2.45) is 0 Å². The van der Waals surface area contributed by atoms with Crippen LogP contribution in [0.5, 0.6) is 0 Å². The Morgan fingerprint density at radius 3 is 2.27 bits per heavy atom. The highest BCUT2D eigenvalue weighted by Crippen LogP contribution is 2.39. The van der Waals surface area contributed by atoms with Gasteiger partial charge in [-0.1, -0.05) is 12.1 Å². The molecule has 2 saturated heterocycles. The molecule has 1 unspecified atom stereocenters. The summed E-state index contributed by atoms with van der Waals surface area (Å²) in [5, 5.41) is 4.11. The lowest BCUT2D eigenvalue weighted by molar-refractivity contribution is -0.138. The van der Waals surface area contributed by atoms with Gasteiger partial charge in [0.2, 0.25) is 0 Å². The molecule has 0 saturated carbocycles. The SMILES string of the molecule is CS(=O)Nc1ccn(C(=O)N2CCN(Cc3ccc(C(F)(F)F)c(C4CCN(C(=O)OC(C)(C)C)CC4)c3)CC2)n1. The van der Waals surface area contributed by atoms with Crippen LogP contribution in [0.4, 0.5) is 28.6 Å². The largest absolute Gasteiger partial charge is 0.444 e. The van der Waals surface area contributed by atoms with E-state index in [9.17, 15) is 27.0 Å². The fourth-order valence-corrected chi connectivity index (χ4v) is 5.54. The minimum absolute atomic E-state index is 0.267. The number of amides is 2. The highest BCUT2D eigenvalue weighted by Gasteiger charge is 2.37. The summed E-state index contributed by atoms with van der Waals surface area (Å²) >= 11 is 0. The van der Waals surface area contributed by atoms with Crippen LogP contribution in [-0.2, 0) is 28.4 Å². The molecule has 226 valence electrons. The summed E-state index contributed by atoms with van der Waals surface area (Å²) in [5.41, 5.74) is -0.226. The number of nitrogens with zero attached hydrogens (tertiary/aromatic N) is 5. The number of piperidine rings is 1. The Bertz CT molecular complexity index is 1260. The van der Waals surface area contributed by atoms with Crippen LogP contribution in [0.1, 0.15) is 56.2 Å². The summed E-state index contributed by atoms with van der Waals surface area (Å²) in [6.07, 6.45) is -1.10. The lowest BCUT2D eigenvalue weighted by atomic mass is 9.85. The molecule has 0 spiro atoms. The van der Waals surface area contributed by atoms with Crippen molar-refractivity contribution in [3.05, 3.63) is 47.2 Å². The molecule has 4 rings (SSSR count). The van der Waals surface area contributed by atoms with Crippen molar-refractivity contribution in [3.63, 3.8) is 0 Å². The number of rotatable bonds is 5. The second-order valence-corrected chi connectivity index (χ2v) is 12.5. The van der Waals surface area contributed by atoms with E-state index < -0.39 is 34.4 Å². The molecule has 1 N–H and O–H groups in total. The number of halogens is 3. The van der Waals surface area contributed by atoms with Gasteiger partial charge in [-0.3, -0.25) is 9.62 Å². The van der Waals surface area contributed by atoms with Crippen LogP contribution in [0.25, 0.3) is 0 Å². The minimum Gasteiger partial charge on any atom is -0.444 e. The Hall–Kier alpha value is -3.13. The molecule has 2 fully saturated rings. The van der Waals surface area contributed by atoms with Crippen molar-refractivity contribution < 1.29 is 31.7 Å². The van der Waals surface area contributed by atoms with Crippen molar-refractivity contribution in [2.45, 2.75) is 57.9 Å². The summed E-state index contributed by atoms with van der Waals surface area (Å²) in [7, 11) is -1.30. The van der Waals surface area contributed by atoms with E-state index in [-0.39, 0.29) is 17.5 Å². The van der Waals surface area contributed by atoms with Gasteiger partial charge in [-0.2, -0.15) is 17.9 Å². The number of hydrogen-bond donors (Lipinski definition) is 1. The normalized spacial score (nSPS) is 18.3. The number of likely N-dealkylation sites (tertiary alicyclic amines) is 1. The van der Waals surface area contributed by atoms with Crippen molar-refractivity contribution in [1.29, 1.82) is 0 Å². The predicted molar refractivity (Wildman–Crippen MR) is 149 cm³/mol. The average Bonchev–Trinajstić information content (AvgIpc) is 3.35. The molecule has 2 aliphatic heterocycles. The summed E-state index contributed by atoms with van der Waals surface area (Å²) in [6, 6.07) is 5.62. The van der Waals surface area contributed by atoms with Gasteiger partial charge in [0.15, 0.2) is 5.82 Å². The molecule has 1 aromatic heterocycles. The quantitative estimate of drug-likeness (QED) is 0.544. The van der Waals surface area contributed by atoms with Crippen molar-refractivity contribution in [3.8, 4) is 0 Å². The Morgan fingerprint density at radius 2 is 1.68 bits per heavy atom. The zero-order chi connectivity index (χ0) is 29.9. The number of hydrogen-bond acceptors (Lipinski definition) is 6. The molecule has 2 amide bonds. The third kappa shape index (κ3) is 8.22. The number of carbonyl (C=O) groups excluding carboxylic acids is 2. The Kier molecular flexibility index (Phi) is 9.32. The summed E-state index contributed by atoms with van der Waals surface area (Å²) in [6.45, 7) is 8.47. The van der Waals surface area contributed by atoms with Gasteiger partial charge >= 0.3 is 18.3 Å². The zero-order valence-electron chi connectivity index (χ0n) is 23.7. The number of piperazine rings is 1. The molecule has 14 heteroatoms. The Balaban J connectivity index is 1.38. The topological polar surface area (TPSA) is 100 Å². The maximum atomic E-state index is 13.9. The molecule has 0 radical (unpaired) electrons. The first-order valence-electron chi connectivity index (χ1n) is 13.5. The molecular weight excluding hydrogens is 561 g/mol. The zero-order valence-corrected chi connectivity index (χ0v) is 24.6. The van der Waals surface area contributed by atoms with Crippen LogP contribution in [0.2, 0.25) is 0 Å². The molecule has 3 heterocycles. The number of alkyl halides is 3. The highest BCUT2D eigenvalue weighted by atomic mass is 32.2. The van der Waals surface area contributed by atoms with Crippen molar-refractivity contribution in [1.82, 2.24) is 24.5 Å². The molecule has 1 atom stereocenters. The highest BCUT2D eigenvalue weighted by molar-refractivity contribution is 7.85. The average molecular weight is 599 g/mol. The van der Waals surface area contributed by atoms with Gasteiger partial charge in [0.05, 0.1) is 5.56 Å². The maximum Gasteiger partial charge on any atom is 0.416 e. The van der Waals surface area contributed by atoms with E-state index in [1.54, 1.807) is 42.7 Å². The number of nitrogens with one attached hydrogen (secondary N) is 1. The Labute approximate surface area is 240 Å². The van der Waals surface area contributed by atoms with Gasteiger partial charge < -0.3 is 14.5 Å². The second kappa shape index (κ2) is 12.4. The maximum absolute atomic E-state index is 13.9. The predicted octanol–water partition coefficient (Wildman–Crippen LogP) is 4.51. The van der Waals surface area contributed by atoms with Crippen molar-refractivity contribution in [2.75, 3.05) is 50.2 Å². The van der Waals surface area contributed by atoms with Crippen LogP contribution in [0.15, 0.2) is 30.5 Å². The van der Waals surface area contributed by atoms with E-state index in [4.69, 9.17) is 4.74 Å². The van der Waals surface area contributed by atoms with Gasteiger partial charge in [0, 0.05) is 64.3 Å². The Morgan fingerprint density at radius 1 is 1.02 bits per heavy atom. The molecule has 0 bridgehead atoms. The summed E-state index contributed by atoms with van der Waals surface area (Å²) in [4.78, 5) is 30.6. The van der Waals surface area contributed by atoms with E-state index in [0.717, 1.165) is 11.6 Å². The first-order valence-corrected chi connectivity index (χ1v) is 15.1. The van der Waals surface area contributed by atoms with Crippen LogP contribution >= 0.6 is 0 Å². The first-order chi connectivity index (χ1) is 19.2. The number of aromatic nitrogens is 2. The number of carbonyl (C=O) groups is 2. The molecule has 41 heavy (non-hydrogen) atoms. The van der Waals surface area contributed by atoms with Crippen LogP contribution in [-0.4, -0.2) is 91.9 Å². The van der Waals surface area contributed by atoms with Gasteiger partial charge in [0.1, 0.15) is 16.6 Å². The monoisotopic (exact) mass is 598 g/mol. The molecule has 1 aromatic carbocycles. The second-order valence-electron chi connectivity index (χ2n) is 11.4. The first kappa shape index (κ1) is 30.8. The number of benzene rings is 1. The van der Waals surface area contributed by atoms with Crippen molar-refractivity contribution >= 4 is 28.9 Å². The minimum atomic E-state index is -4.48. The molecule has 0 aliphatic carbocycles. The third-order valence-corrected chi connectivity index (χ3v) is 7.59. The molecule has 10 nitrogen and oxygen atoms in total. The van der Waals surface area contributed by atoms with E-state index in [2.05, 4.69) is 14.7 Å². The van der Waals surface area contributed by atoms with E-state index in [1.165, 1.54) is 23.2 Å². The lowest BCUT2D eigenvalue weighted by Gasteiger charge is -2.35. The van der Waals surface area contributed by atoms with E-state index in [0.29, 0.717) is 64.5 Å². The smallest absolute Gasteiger partial charge is 0.416 e. The lowest BCUT2D eigenvalue weighted by Crippen LogP contribution is -2.49. The summed E-state index contributed by atoms with van der Waals surface area (Å²) < 4.78 is 62.4. The number of anilines is 1. The fourth-order valence-electron chi connectivity index (χ4n) is 5.14. The molecule has 2 aliphatic rings. The van der Waals surface area contributed by atoms with Crippen LogP contribution in [0, 0.1) is 0 Å². The summed E-state index contributed by atoms with van der Waals surface area (Å²) in [5.74, 6) is 0.0183. The van der Waals surface area contributed by atoms with Crippen LogP contribution < -0.4 is 4.72 Å². The van der Waals surface area contributed by atoms with Crippen LogP contribution in [0.3, 0.4) is 0 Å².